The Morgan fingerprint density at radius 3 is 1.24 bits per heavy atom. The molecule has 0 saturated carbocycles. The Hall–Kier alpha value is -0.520. The van der Waals surface area contributed by atoms with Gasteiger partial charge in [0, 0.05) is 23.7 Å². The van der Waals surface area contributed by atoms with Gasteiger partial charge in [0.2, 0.25) is 0 Å². The summed E-state index contributed by atoms with van der Waals surface area (Å²) < 4.78 is 0. The molecule has 0 aromatic carbocycles. The summed E-state index contributed by atoms with van der Waals surface area (Å²) in [4.78, 5) is 0. The lowest BCUT2D eigenvalue weighted by Crippen LogP contribution is -2.28. The van der Waals surface area contributed by atoms with Gasteiger partial charge in [-0.15, -0.1) is 0 Å². The van der Waals surface area contributed by atoms with E-state index in [9.17, 15) is 0 Å². The van der Waals surface area contributed by atoms with Gasteiger partial charge in [-0.25, -0.2) is 0 Å². The van der Waals surface area contributed by atoms with Gasteiger partial charge in [0.25, 0.3) is 0 Å². The SMILES string of the molecule is [CH2+]C(C)C(C)C(CCC(C([CH2+])C)C(CC)C([CH2+])C)C([CH2+])C. The lowest BCUT2D eigenvalue weighted by molar-refractivity contribution is 0.159. The summed E-state index contributed by atoms with van der Waals surface area (Å²) in [5, 5.41) is 0. The molecule has 0 fully saturated rings. The van der Waals surface area contributed by atoms with Gasteiger partial charge in [0.05, 0.1) is 51.4 Å². The van der Waals surface area contributed by atoms with Crippen molar-refractivity contribution in [3.63, 3.8) is 0 Å². The Bertz CT molecular complexity index is 249. The Morgan fingerprint density at radius 1 is 0.571 bits per heavy atom. The van der Waals surface area contributed by atoms with E-state index in [1.165, 1.54) is 19.3 Å². The summed E-state index contributed by atoms with van der Waals surface area (Å²) in [5.41, 5.74) is 0. The van der Waals surface area contributed by atoms with Gasteiger partial charge in [0.1, 0.15) is 0 Å². The fraction of sp³-hybridized carbons (Fsp3) is 0.810. The van der Waals surface area contributed by atoms with E-state index >= 15 is 0 Å². The van der Waals surface area contributed by atoms with Crippen LogP contribution in [0.1, 0.15) is 60.8 Å². The monoisotopic (exact) mass is 292 g/mol. The van der Waals surface area contributed by atoms with Gasteiger partial charge in [0.15, 0.2) is 0 Å². The Morgan fingerprint density at radius 2 is 0.952 bits per heavy atom. The minimum absolute atomic E-state index is 0.488. The maximum atomic E-state index is 4.34. The van der Waals surface area contributed by atoms with Crippen LogP contribution >= 0.6 is 0 Å². The normalized spacial score (nSPS) is 23.5. The Balaban J connectivity index is 4.86. The smallest absolute Gasteiger partial charge is 0.0649 e. The zero-order valence-electron chi connectivity index (χ0n) is 15.6. The molecule has 0 saturated heterocycles. The maximum Gasteiger partial charge on any atom is 0.0957 e. The van der Waals surface area contributed by atoms with Crippen LogP contribution in [0.5, 0.6) is 0 Å². The number of hydrogen-bond acceptors (Lipinski definition) is 0. The van der Waals surface area contributed by atoms with Gasteiger partial charge >= 0.3 is 0 Å². The van der Waals surface area contributed by atoms with Crippen LogP contribution in [-0.4, -0.2) is 0 Å². The first kappa shape index (κ1) is 20.5. The number of hydrogen-bond donors (Lipinski definition) is 0. The van der Waals surface area contributed by atoms with E-state index in [1.54, 1.807) is 0 Å². The molecular formula is C21H40+4. The van der Waals surface area contributed by atoms with Gasteiger partial charge in [-0.2, -0.15) is 0 Å². The van der Waals surface area contributed by atoms with Crippen LogP contribution in [0.15, 0.2) is 0 Å². The van der Waals surface area contributed by atoms with Gasteiger partial charge < -0.3 is 0 Å². The predicted molar refractivity (Wildman–Crippen MR) is 97.2 cm³/mol. The molecule has 0 aromatic rings. The van der Waals surface area contributed by atoms with Crippen molar-refractivity contribution in [1.82, 2.24) is 0 Å². The molecule has 21 heavy (non-hydrogen) atoms. The lowest BCUT2D eigenvalue weighted by Gasteiger charge is -2.30. The summed E-state index contributed by atoms with van der Waals surface area (Å²) in [7, 11) is 0. The first-order valence-corrected chi connectivity index (χ1v) is 8.95. The minimum Gasteiger partial charge on any atom is -0.0649 e. The van der Waals surface area contributed by atoms with Gasteiger partial charge in [-0.05, 0) is 47.0 Å². The van der Waals surface area contributed by atoms with Crippen molar-refractivity contribution >= 4 is 0 Å². The van der Waals surface area contributed by atoms with Crippen LogP contribution in [0, 0.1) is 75.0 Å². The Labute approximate surface area is 136 Å². The van der Waals surface area contributed by atoms with Crippen LogP contribution in [0.2, 0.25) is 0 Å². The van der Waals surface area contributed by atoms with Crippen molar-refractivity contribution in [3.05, 3.63) is 27.7 Å². The topological polar surface area (TPSA) is 0 Å². The van der Waals surface area contributed by atoms with E-state index < -0.39 is 0 Å². The molecule has 0 bridgehead atoms. The zero-order chi connectivity index (χ0) is 16.7. The molecule has 0 aliphatic carbocycles. The van der Waals surface area contributed by atoms with E-state index in [0.717, 1.165) is 0 Å². The third kappa shape index (κ3) is 6.41. The molecule has 8 atom stereocenters. The largest absolute Gasteiger partial charge is 0.0957 e. The second-order valence-corrected chi connectivity index (χ2v) is 7.75. The summed E-state index contributed by atoms with van der Waals surface area (Å²) in [6, 6.07) is 0. The molecule has 0 amide bonds. The van der Waals surface area contributed by atoms with Gasteiger partial charge in [-0.1, -0.05) is 13.8 Å². The van der Waals surface area contributed by atoms with Crippen LogP contribution in [0.4, 0.5) is 0 Å². The molecule has 0 heteroatoms. The van der Waals surface area contributed by atoms with E-state index in [4.69, 9.17) is 0 Å². The average Bonchev–Trinajstić information content (AvgIpc) is 2.35. The highest BCUT2D eigenvalue weighted by Crippen LogP contribution is 2.37. The fourth-order valence-electron chi connectivity index (χ4n) is 3.92. The summed E-state index contributed by atoms with van der Waals surface area (Å²) >= 11 is 0. The lowest BCUT2D eigenvalue weighted by atomic mass is 9.69. The van der Waals surface area contributed by atoms with Crippen molar-refractivity contribution in [2.75, 3.05) is 0 Å². The third-order valence-corrected chi connectivity index (χ3v) is 5.62. The quantitative estimate of drug-likeness (QED) is 0.401. The van der Waals surface area contributed by atoms with Crippen molar-refractivity contribution in [3.8, 4) is 0 Å². The van der Waals surface area contributed by atoms with Crippen molar-refractivity contribution in [2.24, 2.45) is 47.3 Å². The highest BCUT2D eigenvalue weighted by atomic mass is 14.3. The molecule has 0 rings (SSSR count). The molecule has 0 aliphatic rings. The van der Waals surface area contributed by atoms with Crippen molar-refractivity contribution < 1.29 is 0 Å². The maximum absolute atomic E-state index is 4.34. The third-order valence-electron chi connectivity index (χ3n) is 5.62. The number of rotatable bonds is 10. The second-order valence-electron chi connectivity index (χ2n) is 7.75. The standard InChI is InChI=1S/C21H40/c1-11-19(15(4)5)21(17(8)9)13-12-20(16(6)7)18(10)14(2)3/h14-21H,2,4,6,8,11-13H2,1,3,5,7,9-10H3/q+4. The minimum atomic E-state index is 0.488. The molecule has 0 aromatic heterocycles. The van der Waals surface area contributed by atoms with E-state index in [1.807, 2.05) is 0 Å². The molecular weight excluding hydrogens is 252 g/mol. The summed E-state index contributed by atoms with van der Waals surface area (Å²) in [6.07, 6.45) is 3.71. The first-order valence-electron chi connectivity index (χ1n) is 8.95. The summed E-state index contributed by atoms with van der Waals surface area (Å²) in [5.74, 6) is 4.64. The van der Waals surface area contributed by atoms with E-state index in [2.05, 4.69) is 69.2 Å². The van der Waals surface area contributed by atoms with Crippen LogP contribution in [0.3, 0.4) is 0 Å². The zero-order valence-corrected chi connectivity index (χ0v) is 15.6. The molecule has 0 heterocycles. The second kappa shape index (κ2) is 9.49. The fourth-order valence-corrected chi connectivity index (χ4v) is 3.92. The summed E-state index contributed by atoms with van der Waals surface area (Å²) in [6.45, 7) is 30.8. The van der Waals surface area contributed by atoms with E-state index in [-0.39, 0.29) is 0 Å². The molecule has 0 N–H and O–H groups in total. The molecule has 120 valence electrons. The highest BCUT2D eigenvalue weighted by molar-refractivity contribution is 4.84. The molecule has 0 radical (unpaired) electrons. The van der Waals surface area contributed by atoms with Crippen LogP contribution < -0.4 is 0 Å². The van der Waals surface area contributed by atoms with E-state index in [0.29, 0.717) is 47.3 Å². The van der Waals surface area contributed by atoms with Gasteiger partial charge in [-0.3, -0.25) is 0 Å². The molecule has 0 nitrogen and oxygen atoms in total. The highest BCUT2D eigenvalue weighted by Gasteiger charge is 2.35. The Kier molecular flexibility index (Phi) is 9.25. The van der Waals surface area contributed by atoms with Crippen LogP contribution in [-0.2, 0) is 0 Å². The predicted octanol–water partition coefficient (Wildman–Crippen LogP) is 6.54. The van der Waals surface area contributed by atoms with Crippen molar-refractivity contribution in [2.45, 2.75) is 60.8 Å². The molecule has 0 spiro atoms. The van der Waals surface area contributed by atoms with Crippen LogP contribution in [0.25, 0.3) is 0 Å². The average molecular weight is 293 g/mol. The first-order chi connectivity index (χ1) is 9.63. The molecule has 8 unspecified atom stereocenters. The molecule has 0 aliphatic heterocycles. The van der Waals surface area contributed by atoms with Crippen molar-refractivity contribution in [1.29, 1.82) is 0 Å².